The second-order valence-corrected chi connectivity index (χ2v) is 11.7. The maximum Gasteiger partial charge on any atom is 0.357 e. The monoisotopic (exact) mass is 582 g/mol. The van der Waals surface area contributed by atoms with Crippen molar-refractivity contribution in [2.45, 2.75) is 30.3 Å². The lowest BCUT2D eigenvalue weighted by Crippen LogP contribution is -2.63. The van der Waals surface area contributed by atoms with Crippen molar-refractivity contribution in [3.8, 4) is 6.07 Å². The Morgan fingerprint density at radius 3 is 2.57 bits per heavy atom. The molecule has 2 atom stereocenters. The minimum absolute atomic E-state index is 0.0328. The van der Waals surface area contributed by atoms with Crippen LogP contribution in [0.1, 0.15) is 28.0 Å². The highest BCUT2D eigenvalue weighted by Gasteiger charge is 2.44. The minimum Gasteiger partial charge on any atom is -0.370 e. The van der Waals surface area contributed by atoms with Gasteiger partial charge in [0, 0.05) is 36.0 Å². The van der Waals surface area contributed by atoms with Crippen LogP contribution in [-0.4, -0.2) is 68.5 Å². The fourth-order valence-electron chi connectivity index (χ4n) is 5.66. The SMILES string of the molecule is CS(=O)c1nc2c(c(N3CCN(OC(=O)c4ccccc4)C(O)(CC#N)C3)n1)CCN(c1cccc3ccccc13)C2. The minimum atomic E-state index is -1.77. The number of carbonyl (C=O) groups excluding carboxylic acids is 1. The molecule has 6 rings (SSSR count). The van der Waals surface area contributed by atoms with Crippen molar-refractivity contribution in [1.82, 2.24) is 15.0 Å². The molecule has 42 heavy (non-hydrogen) atoms. The third kappa shape index (κ3) is 5.32. The Labute approximate surface area is 246 Å². The summed E-state index contributed by atoms with van der Waals surface area (Å²) in [6.45, 7) is 1.71. The van der Waals surface area contributed by atoms with E-state index in [1.54, 1.807) is 36.6 Å². The van der Waals surface area contributed by atoms with Gasteiger partial charge in [0.1, 0.15) is 5.82 Å². The van der Waals surface area contributed by atoms with Gasteiger partial charge in [-0.25, -0.2) is 14.8 Å². The van der Waals surface area contributed by atoms with E-state index in [0.717, 1.165) is 34.3 Å². The molecule has 11 heteroatoms. The Bertz CT molecular complexity index is 1710. The summed E-state index contributed by atoms with van der Waals surface area (Å²) in [5.41, 5.74) is 1.39. The van der Waals surface area contributed by atoms with Crippen LogP contribution in [0.2, 0.25) is 0 Å². The average Bonchev–Trinajstić information content (AvgIpc) is 3.01. The van der Waals surface area contributed by atoms with E-state index in [4.69, 9.17) is 14.8 Å². The molecule has 2 unspecified atom stereocenters. The molecule has 2 aliphatic rings. The van der Waals surface area contributed by atoms with Crippen molar-refractivity contribution < 1.29 is 18.9 Å². The smallest absolute Gasteiger partial charge is 0.357 e. The molecule has 10 nitrogen and oxygen atoms in total. The highest BCUT2D eigenvalue weighted by Crippen LogP contribution is 2.35. The van der Waals surface area contributed by atoms with Crippen LogP contribution in [0.25, 0.3) is 10.8 Å². The number of hydroxylamine groups is 2. The molecule has 1 saturated heterocycles. The number of piperazine rings is 1. The number of rotatable bonds is 6. The third-order valence-electron chi connectivity index (χ3n) is 7.73. The average molecular weight is 583 g/mol. The van der Waals surface area contributed by atoms with Gasteiger partial charge in [-0.15, -0.1) is 5.06 Å². The Morgan fingerprint density at radius 2 is 1.79 bits per heavy atom. The van der Waals surface area contributed by atoms with Gasteiger partial charge in [-0.05, 0) is 30.0 Å². The van der Waals surface area contributed by atoms with Gasteiger partial charge < -0.3 is 19.7 Å². The van der Waals surface area contributed by atoms with Gasteiger partial charge in [0.15, 0.2) is 5.72 Å². The van der Waals surface area contributed by atoms with E-state index in [2.05, 4.69) is 29.2 Å². The first-order valence-electron chi connectivity index (χ1n) is 13.7. The summed E-state index contributed by atoms with van der Waals surface area (Å²) in [7, 11) is -1.44. The topological polar surface area (TPSA) is 123 Å². The van der Waals surface area contributed by atoms with Crippen LogP contribution in [0.3, 0.4) is 0 Å². The van der Waals surface area contributed by atoms with Gasteiger partial charge in [-0.2, -0.15) is 5.26 Å². The van der Waals surface area contributed by atoms with Gasteiger partial charge in [0.05, 0.1) is 54.2 Å². The first-order chi connectivity index (χ1) is 20.4. The van der Waals surface area contributed by atoms with Crippen molar-refractivity contribution in [3.63, 3.8) is 0 Å². The van der Waals surface area contributed by atoms with Crippen LogP contribution in [-0.2, 0) is 28.6 Å². The molecular weight excluding hydrogens is 552 g/mol. The highest BCUT2D eigenvalue weighted by atomic mass is 32.2. The molecule has 1 N–H and O–H groups in total. The summed E-state index contributed by atoms with van der Waals surface area (Å²) in [4.78, 5) is 31.9. The number of nitriles is 1. The van der Waals surface area contributed by atoms with E-state index in [1.165, 1.54) is 5.06 Å². The van der Waals surface area contributed by atoms with Crippen LogP contribution in [0.5, 0.6) is 0 Å². The predicted molar refractivity (Wildman–Crippen MR) is 159 cm³/mol. The standard InChI is InChI=1S/C31H30N6O4S/c1-42(40)30-33-26-20-35(27-13-7-11-22-8-5-6-12-24(22)27)17-14-25(26)28(34-30)36-18-19-37(31(39,21-36)15-16-32)41-29(38)23-9-3-2-4-10-23/h2-13,39H,14-15,17-21H2,1H3. The molecular formula is C31H30N6O4S. The summed E-state index contributed by atoms with van der Waals surface area (Å²) >= 11 is 0. The van der Waals surface area contributed by atoms with Gasteiger partial charge in [0.25, 0.3) is 0 Å². The number of hydrogen-bond acceptors (Lipinski definition) is 10. The van der Waals surface area contributed by atoms with Gasteiger partial charge in [0.2, 0.25) is 5.16 Å². The van der Waals surface area contributed by atoms with Crippen molar-refractivity contribution >= 4 is 39.0 Å². The van der Waals surface area contributed by atoms with Gasteiger partial charge in [-0.1, -0.05) is 54.6 Å². The Balaban J connectivity index is 1.30. The lowest BCUT2D eigenvalue weighted by Gasteiger charge is -2.45. The molecule has 1 aromatic heterocycles. The number of aromatic nitrogens is 2. The van der Waals surface area contributed by atoms with Gasteiger partial charge in [-0.3, -0.25) is 4.21 Å². The van der Waals surface area contributed by atoms with E-state index in [-0.39, 0.29) is 24.7 Å². The fourth-order valence-corrected chi connectivity index (χ4v) is 6.11. The molecule has 214 valence electrons. The summed E-state index contributed by atoms with van der Waals surface area (Å²) in [5.74, 6) is -0.0230. The van der Waals surface area contributed by atoms with E-state index in [9.17, 15) is 19.4 Å². The highest BCUT2D eigenvalue weighted by molar-refractivity contribution is 7.84. The predicted octanol–water partition coefficient (Wildman–Crippen LogP) is 3.43. The van der Waals surface area contributed by atoms with Crippen LogP contribution in [0.15, 0.2) is 78.0 Å². The van der Waals surface area contributed by atoms with Crippen molar-refractivity contribution in [1.29, 1.82) is 5.26 Å². The second kappa shape index (κ2) is 11.5. The first kappa shape index (κ1) is 27.8. The lowest BCUT2D eigenvalue weighted by molar-refractivity contribution is -0.261. The van der Waals surface area contributed by atoms with Gasteiger partial charge >= 0.3 is 5.97 Å². The number of nitrogens with zero attached hydrogens (tertiary/aromatic N) is 6. The van der Waals surface area contributed by atoms with E-state index < -0.39 is 22.5 Å². The molecule has 0 amide bonds. The number of anilines is 2. The number of β-amino-alcohol motifs (C(OH)–C–C–N with tert-alkyl or cyclic N) is 1. The summed E-state index contributed by atoms with van der Waals surface area (Å²) < 4.78 is 12.6. The zero-order valence-corrected chi connectivity index (χ0v) is 24.0. The van der Waals surface area contributed by atoms with Crippen LogP contribution >= 0.6 is 0 Å². The summed E-state index contributed by atoms with van der Waals surface area (Å²) in [6.07, 6.45) is 1.90. The quantitative estimate of drug-likeness (QED) is 0.338. The van der Waals surface area contributed by atoms with Crippen molar-refractivity contribution in [2.75, 3.05) is 42.2 Å². The number of fused-ring (bicyclic) bond motifs is 2. The molecule has 1 fully saturated rings. The van der Waals surface area contributed by atoms with Crippen LogP contribution < -0.4 is 9.80 Å². The van der Waals surface area contributed by atoms with Crippen molar-refractivity contribution in [2.24, 2.45) is 0 Å². The fraction of sp³-hybridized carbons (Fsp3) is 0.290. The van der Waals surface area contributed by atoms with Crippen LogP contribution in [0, 0.1) is 11.3 Å². The lowest BCUT2D eigenvalue weighted by atomic mass is 10.0. The third-order valence-corrected chi connectivity index (χ3v) is 8.43. The van der Waals surface area contributed by atoms with E-state index in [0.29, 0.717) is 30.9 Å². The Kier molecular flexibility index (Phi) is 7.60. The first-order valence-corrected chi connectivity index (χ1v) is 15.3. The zero-order valence-electron chi connectivity index (χ0n) is 23.1. The Morgan fingerprint density at radius 1 is 1.02 bits per heavy atom. The summed E-state index contributed by atoms with van der Waals surface area (Å²) in [5, 5.41) is 24.9. The van der Waals surface area contributed by atoms with E-state index in [1.807, 2.05) is 29.2 Å². The number of benzene rings is 3. The maximum absolute atomic E-state index is 12.8. The van der Waals surface area contributed by atoms with Crippen LogP contribution in [0.4, 0.5) is 11.5 Å². The molecule has 2 aliphatic heterocycles. The molecule has 0 spiro atoms. The largest absolute Gasteiger partial charge is 0.370 e. The molecule has 0 radical (unpaired) electrons. The molecule has 0 bridgehead atoms. The van der Waals surface area contributed by atoms with E-state index >= 15 is 0 Å². The Hall–Kier alpha value is -4.37. The zero-order chi connectivity index (χ0) is 29.3. The maximum atomic E-state index is 12.8. The number of hydrogen-bond donors (Lipinski definition) is 1. The molecule has 3 aromatic carbocycles. The number of aliphatic hydroxyl groups is 1. The van der Waals surface area contributed by atoms with Crippen molar-refractivity contribution in [3.05, 3.63) is 89.6 Å². The number of carbonyl (C=O) groups is 1. The molecule has 3 heterocycles. The normalized spacial score (nSPS) is 19.6. The second-order valence-electron chi connectivity index (χ2n) is 10.5. The summed E-state index contributed by atoms with van der Waals surface area (Å²) in [6, 6.07) is 25.0. The molecule has 0 saturated carbocycles. The molecule has 4 aromatic rings. The molecule has 0 aliphatic carbocycles.